The molecule has 26 heavy (non-hydrogen) atoms. The van der Waals surface area contributed by atoms with E-state index in [4.69, 9.17) is 13.9 Å². The van der Waals surface area contributed by atoms with E-state index in [0.717, 1.165) is 0 Å². The van der Waals surface area contributed by atoms with Crippen LogP contribution in [0.15, 0.2) is 47.1 Å². The van der Waals surface area contributed by atoms with Crippen molar-refractivity contribution in [3.8, 4) is 5.75 Å². The molecule has 0 bridgehead atoms. The second-order valence-corrected chi connectivity index (χ2v) is 6.03. The van der Waals surface area contributed by atoms with Crippen molar-refractivity contribution in [3.05, 3.63) is 48.4 Å². The van der Waals surface area contributed by atoms with Gasteiger partial charge in [-0.3, -0.25) is 9.59 Å². The Hall–Kier alpha value is -2.80. The lowest BCUT2D eigenvalue weighted by molar-refractivity contribution is -0.118. The van der Waals surface area contributed by atoms with Gasteiger partial charge in [-0.1, -0.05) is 19.9 Å². The monoisotopic (exact) mass is 360 g/mol. The van der Waals surface area contributed by atoms with Gasteiger partial charge in [-0.2, -0.15) is 0 Å². The molecule has 1 unspecified atom stereocenters. The van der Waals surface area contributed by atoms with Crippen molar-refractivity contribution in [2.45, 2.75) is 19.9 Å². The molecule has 140 valence electrons. The van der Waals surface area contributed by atoms with Gasteiger partial charge >= 0.3 is 0 Å². The quantitative estimate of drug-likeness (QED) is 0.671. The van der Waals surface area contributed by atoms with Crippen LogP contribution in [-0.4, -0.2) is 38.2 Å². The van der Waals surface area contributed by atoms with Crippen molar-refractivity contribution < 1.29 is 23.5 Å². The fraction of sp³-hybridized carbons (Fsp3) is 0.368. The van der Waals surface area contributed by atoms with Crippen molar-refractivity contribution >= 4 is 17.5 Å². The second-order valence-electron chi connectivity index (χ2n) is 6.03. The summed E-state index contributed by atoms with van der Waals surface area (Å²) in [6.07, 6.45) is 1.41. The van der Waals surface area contributed by atoms with E-state index in [2.05, 4.69) is 10.6 Å². The maximum absolute atomic E-state index is 12.6. The van der Waals surface area contributed by atoms with Crippen molar-refractivity contribution in [3.63, 3.8) is 0 Å². The molecule has 0 radical (unpaired) electrons. The van der Waals surface area contributed by atoms with Crippen molar-refractivity contribution in [1.82, 2.24) is 5.32 Å². The molecule has 1 aromatic carbocycles. The fourth-order valence-electron chi connectivity index (χ4n) is 2.28. The minimum Gasteiger partial charge on any atom is -0.491 e. The van der Waals surface area contributed by atoms with E-state index in [1.165, 1.54) is 6.26 Å². The fourth-order valence-corrected chi connectivity index (χ4v) is 2.28. The number of methoxy groups -OCH3 is 1. The standard InChI is InChI=1S/C19H24N2O5/c1-13(2)17(21-18(22)16-8-5-9-26-16)19(23)20-14-6-4-7-15(12-14)25-11-10-24-3/h4-9,12-13,17H,10-11H2,1-3H3,(H,20,23)(H,21,22). The van der Waals surface area contributed by atoms with E-state index in [1.807, 2.05) is 13.8 Å². The summed E-state index contributed by atoms with van der Waals surface area (Å²) in [4.78, 5) is 24.8. The van der Waals surface area contributed by atoms with Gasteiger partial charge in [0.25, 0.3) is 5.91 Å². The highest BCUT2D eigenvalue weighted by Crippen LogP contribution is 2.18. The molecule has 0 saturated carbocycles. The topological polar surface area (TPSA) is 89.8 Å². The summed E-state index contributed by atoms with van der Waals surface area (Å²) >= 11 is 0. The number of carbonyl (C=O) groups is 2. The summed E-state index contributed by atoms with van der Waals surface area (Å²) < 4.78 is 15.5. The van der Waals surface area contributed by atoms with E-state index in [1.54, 1.807) is 43.5 Å². The third kappa shape index (κ3) is 5.63. The maximum atomic E-state index is 12.6. The van der Waals surface area contributed by atoms with Crippen LogP contribution in [0.1, 0.15) is 24.4 Å². The molecule has 1 atom stereocenters. The van der Waals surface area contributed by atoms with Gasteiger partial charge in [-0.15, -0.1) is 0 Å². The second kappa shape index (κ2) is 9.62. The number of anilines is 1. The van der Waals surface area contributed by atoms with Gasteiger partial charge in [-0.25, -0.2) is 0 Å². The number of amides is 2. The summed E-state index contributed by atoms with van der Waals surface area (Å²) in [5, 5.41) is 5.51. The van der Waals surface area contributed by atoms with Crippen LogP contribution >= 0.6 is 0 Å². The third-order valence-corrected chi connectivity index (χ3v) is 3.64. The van der Waals surface area contributed by atoms with E-state index >= 15 is 0 Å². The van der Waals surface area contributed by atoms with Crippen LogP contribution in [0.3, 0.4) is 0 Å². The van der Waals surface area contributed by atoms with E-state index in [9.17, 15) is 9.59 Å². The predicted octanol–water partition coefficient (Wildman–Crippen LogP) is 2.70. The number of hydrogen-bond donors (Lipinski definition) is 2. The highest BCUT2D eigenvalue weighted by Gasteiger charge is 2.25. The Labute approximate surface area is 152 Å². The molecule has 0 spiro atoms. The SMILES string of the molecule is COCCOc1cccc(NC(=O)C(NC(=O)c2ccco2)C(C)C)c1. The molecule has 0 fully saturated rings. The van der Waals surface area contributed by atoms with Gasteiger partial charge in [-0.05, 0) is 30.2 Å². The molecule has 2 rings (SSSR count). The number of hydrogen-bond acceptors (Lipinski definition) is 5. The lowest BCUT2D eigenvalue weighted by Gasteiger charge is -2.21. The molecule has 0 aliphatic rings. The minimum atomic E-state index is -0.703. The molecule has 2 amide bonds. The highest BCUT2D eigenvalue weighted by atomic mass is 16.5. The third-order valence-electron chi connectivity index (χ3n) is 3.64. The Morgan fingerprint density at radius 2 is 1.96 bits per heavy atom. The predicted molar refractivity (Wildman–Crippen MR) is 97.2 cm³/mol. The van der Waals surface area contributed by atoms with E-state index < -0.39 is 11.9 Å². The summed E-state index contributed by atoms with van der Waals surface area (Å²) in [6, 6.07) is 9.52. The maximum Gasteiger partial charge on any atom is 0.287 e. The van der Waals surface area contributed by atoms with Crippen LogP contribution < -0.4 is 15.4 Å². The first-order valence-corrected chi connectivity index (χ1v) is 8.38. The Bertz CT molecular complexity index is 712. The lowest BCUT2D eigenvalue weighted by Crippen LogP contribution is -2.47. The Kier molecular flexibility index (Phi) is 7.23. The summed E-state index contributed by atoms with van der Waals surface area (Å²) in [6.45, 7) is 4.61. The molecule has 2 aromatic rings. The first kappa shape index (κ1) is 19.5. The zero-order chi connectivity index (χ0) is 18.9. The van der Waals surface area contributed by atoms with Gasteiger partial charge in [0.1, 0.15) is 18.4 Å². The number of rotatable bonds is 9. The average molecular weight is 360 g/mol. The van der Waals surface area contributed by atoms with Crippen molar-refractivity contribution in [1.29, 1.82) is 0 Å². The minimum absolute atomic E-state index is 0.102. The number of benzene rings is 1. The molecular formula is C19H24N2O5. The number of ether oxygens (including phenoxy) is 2. The van der Waals surface area contributed by atoms with E-state index in [0.29, 0.717) is 24.7 Å². The molecule has 1 heterocycles. The summed E-state index contributed by atoms with van der Waals surface area (Å²) in [5.41, 5.74) is 0.586. The zero-order valence-corrected chi connectivity index (χ0v) is 15.2. The summed E-state index contributed by atoms with van der Waals surface area (Å²) in [5.74, 6) is -0.0537. The van der Waals surface area contributed by atoms with Gasteiger partial charge in [0, 0.05) is 18.9 Å². The summed E-state index contributed by atoms with van der Waals surface area (Å²) in [7, 11) is 1.60. The van der Waals surface area contributed by atoms with Crippen LogP contribution in [0, 0.1) is 5.92 Å². The zero-order valence-electron chi connectivity index (χ0n) is 15.2. The van der Waals surface area contributed by atoms with Gasteiger partial charge in [0.15, 0.2) is 5.76 Å². The molecular weight excluding hydrogens is 336 g/mol. The Morgan fingerprint density at radius 3 is 2.62 bits per heavy atom. The molecule has 1 aromatic heterocycles. The molecule has 7 heteroatoms. The van der Waals surface area contributed by atoms with Gasteiger partial charge in [0.2, 0.25) is 5.91 Å². The van der Waals surface area contributed by atoms with Crippen LogP contribution in [0.2, 0.25) is 0 Å². The molecule has 0 aliphatic carbocycles. The Morgan fingerprint density at radius 1 is 1.15 bits per heavy atom. The number of carbonyl (C=O) groups excluding carboxylic acids is 2. The first-order chi connectivity index (χ1) is 12.5. The normalized spacial score (nSPS) is 11.8. The number of furan rings is 1. The molecule has 0 saturated heterocycles. The average Bonchev–Trinajstić information content (AvgIpc) is 3.14. The lowest BCUT2D eigenvalue weighted by atomic mass is 10.0. The molecule has 2 N–H and O–H groups in total. The first-order valence-electron chi connectivity index (χ1n) is 8.38. The van der Waals surface area contributed by atoms with Crippen LogP contribution in [-0.2, 0) is 9.53 Å². The highest BCUT2D eigenvalue weighted by molar-refractivity contribution is 6.00. The van der Waals surface area contributed by atoms with Gasteiger partial charge < -0.3 is 24.5 Å². The number of nitrogens with one attached hydrogen (secondary N) is 2. The molecule has 0 aliphatic heterocycles. The largest absolute Gasteiger partial charge is 0.491 e. The Balaban J connectivity index is 2.01. The smallest absolute Gasteiger partial charge is 0.287 e. The van der Waals surface area contributed by atoms with Crippen molar-refractivity contribution in [2.75, 3.05) is 25.6 Å². The van der Waals surface area contributed by atoms with E-state index in [-0.39, 0.29) is 17.6 Å². The van der Waals surface area contributed by atoms with Crippen LogP contribution in [0.5, 0.6) is 5.75 Å². The van der Waals surface area contributed by atoms with Crippen LogP contribution in [0.25, 0.3) is 0 Å². The van der Waals surface area contributed by atoms with Gasteiger partial charge in [0.05, 0.1) is 12.9 Å². The van der Waals surface area contributed by atoms with Crippen LogP contribution in [0.4, 0.5) is 5.69 Å². The van der Waals surface area contributed by atoms with Crippen molar-refractivity contribution in [2.24, 2.45) is 5.92 Å². The molecule has 7 nitrogen and oxygen atoms in total.